The van der Waals surface area contributed by atoms with Crippen LogP contribution in [0.15, 0.2) is 12.4 Å². The van der Waals surface area contributed by atoms with Gasteiger partial charge in [-0.05, 0) is 50.1 Å². The van der Waals surface area contributed by atoms with Crippen molar-refractivity contribution in [2.75, 3.05) is 26.2 Å². The number of aromatic nitrogens is 6. The third-order valence-corrected chi connectivity index (χ3v) is 5.46. The van der Waals surface area contributed by atoms with E-state index in [4.69, 9.17) is 0 Å². The molecule has 2 aromatic heterocycles. The van der Waals surface area contributed by atoms with Crippen molar-refractivity contribution in [1.29, 1.82) is 0 Å². The van der Waals surface area contributed by atoms with E-state index in [0.29, 0.717) is 6.04 Å². The Balaban J connectivity index is 1.38. The van der Waals surface area contributed by atoms with E-state index in [9.17, 15) is 0 Å². The summed E-state index contributed by atoms with van der Waals surface area (Å²) in [5.74, 6) is 2.19. The first-order chi connectivity index (χ1) is 12.3. The van der Waals surface area contributed by atoms with E-state index in [1.54, 1.807) is 0 Å². The molecule has 0 radical (unpaired) electrons. The van der Waals surface area contributed by atoms with Crippen molar-refractivity contribution < 1.29 is 0 Å². The van der Waals surface area contributed by atoms with Crippen molar-refractivity contribution in [2.45, 2.75) is 58.3 Å². The Morgan fingerprint density at radius 2 is 2.08 bits per heavy atom. The highest BCUT2D eigenvalue weighted by atomic mass is 15.6. The average molecular weight is 344 g/mol. The Labute approximate surface area is 148 Å². The van der Waals surface area contributed by atoms with Crippen LogP contribution >= 0.6 is 0 Å². The predicted molar refractivity (Wildman–Crippen MR) is 93.9 cm³/mol. The van der Waals surface area contributed by atoms with Crippen molar-refractivity contribution in [1.82, 2.24) is 39.6 Å². The van der Waals surface area contributed by atoms with Crippen LogP contribution in [0.4, 0.5) is 0 Å². The maximum absolute atomic E-state index is 4.52. The summed E-state index contributed by atoms with van der Waals surface area (Å²) in [6.45, 7) is 10.6. The number of nitrogens with zero attached hydrogens (tertiary/aromatic N) is 8. The normalized spacial score (nSPS) is 21.4. The highest BCUT2D eigenvalue weighted by Gasteiger charge is 2.31. The van der Waals surface area contributed by atoms with Gasteiger partial charge in [0.2, 0.25) is 0 Å². The largest absolute Gasteiger partial charge is 0.334 e. The third kappa shape index (κ3) is 3.59. The lowest BCUT2D eigenvalue weighted by Gasteiger charge is -2.27. The van der Waals surface area contributed by atoms with E-state index in [0.717, 1.165) is 45.1 Å². The fourth-order valence-electron chi connectivity index (χ4n) is 3.73. The molecule has 1 saturated heterocycles. The maximum atomic E-state index is 4.52. The molecular formula is C17H28N8. The SMILES string of the molecule is CCn1ccnc1CN1CCCN(C(C)c2nnnn2C2CC2)CC1. The first-order valence-corrected chi connectivity index (χ1v) is 9.50. The van der Waals surface area contributed by atoms with Crippen molar-refractivity contribution in [3.63, 3.8) is 0 Å². The van der Waals surface area contributed by atoms with Crippen molar-refractivity contribution in [2.24, 2.45) is 0 Å². The summed E-state index contributed by atoms with van der Waals surface area (Å²) >= 11 is 0. The van der Waals surface area contributed by atoms with Gasteiger partial charge in [-0.25, -0.2) is 9.67 Å². The summed E-state index contributed by atoms with van der Waals surface area (Å²) in [6, 6.07) is 0.803. The molecule has 3 heterocycles. The summed E-state index contributed by atoms with van der Waals surface area (Å²) in [4.78, 5) is 9.57. The van der Waals surface area contributed by atoms with E-state index in [1.165, 1.54) is 25.1 Å². The smallest absolute Gasteiger partial charge is 0.168 e. The van der Waals surface area contributed by atoms with Crippen molar-refractivity contribution in [3.8, 4) is 0 Å². The van der Waals surface area contributed by atoms with E-state index in [1.807, 2.05) is 10.9 Å². The van der Waals surface area contributed by atoms with E-state index < -0.39 is 0 Å². The number of tetrazole rings is 1. The van der Waals surface area contributed by atoms with Gasteiger partial charge in [-0.3, -0.25) is 9.80 Å². The molecular weight excluding hydrogens is 316 g/mol. The molecule has 1 atom stereocenters. The third-order valence-electron chi connectivity index (χ3n) is 5.46. The Kier molecular flexibility index (Phi) is 4.80. The predicted octanol–water partition coefficient (Wildman–Crippen LogP) is 1.49. The van der Waals surface area contributed by atoms with Crippen LogP contribution in [-0.2, 0) is 13.1 Å². The molecule has 0 N–H and O–H groups in total. The minimum Gasteiger partial charge on any atom is -0.334 e. The van der Waals surface area contributed by atoms with Crippen molar-refractivity contribution in [3.05, 3.63) is 24.0 Å². The quantitative estimate of drug-likeness (QED) is 0.791. The standard InChI is InChI=1S/C17H28N8/c1-3-23-10-7-18-16(23)13-22-8-4-9-24(12-11-22)14(2)17-19-20-21-25(17)15-5-6-15/h7,10,14-15H,3-6,8-9,11-13H2,1-2H3. The molecule has 0 amide bonds. The fourth-order valence-corrected chi connectivity index (χ4v) is 3.73. The lowest BCUT2D eigenvalue weighted by atomic mass is 10.2. The number of imidazole rings is 1. The molecule has 0 aromatic carbocycles. The molecule has 0 spiro atoms. The van der Waals surface area contributed by atoms with Crippen LogP contribution in [0.5, 0.6) is 0 Å². The molecule has 1 aliphatic carbocycles. The molecule has 1 unspecified atom stereocenters. The lowest BCUT2D eigenvalue weighted by Crippen LogP contribution is -2.34. The minimum atomic E-state index is 0.271. The monoisotopic (exact) mass is 344 g/mol. The van der Waals surface area contributed by atoms with Gasteiger partial charge in [0.15, 0.2) is 5.82 Å². The summed E-state index contributed by atoms with van der Waals surface area (Å²) < 4.78 is 4.28. The minimum absolute atomic E-state index is 0.271. The van der Waals surface area contributed by atoms with Crippen LogP contribution in [0.2, 0.25) is 0 Å². The summed E-state index contributed by atoms with van der Waals surface area (Å²) in [5.41, 5.74) is 0. The number of rotatable bonds is 6. The Bertz CT molecular complexity index is 688. The van der Waals surface area contributed by atoms with Gasteiger partial charge in [0.05, 0.1) is 18.6 Å². The van der Waals surface area contributed by atoms with Gasteiger partial charge < -0.3 is 4.57 Å². The number of hydrogen-bond acceptors (Lipinski definition) is 6. The maximum Gasteiger partial charge on any atom is 0.168 e. The van der Waals surface area contributed by atoms with Gasteiger partial charge in [0.1, 0.15) is 5.82 Å². The van der Waals surface area contributed by atoms with Crippen molar-refractivity contribution >= 4 is 0 Å². The fraction of sp³-hybridized carbons (Fsp3) is 0.765. The summed E-state index contributed by atoms with van der Waals surface area (Å²) in [5, 5.41) is 12.4. The van der Waals surface area contributed by atoms with Gasteiger partial charge in [-0.1, -0.05) is 0 Å². The Morgan fingerprint density at radius 3 is 2.88 bits per heavy atom. The van der Waals surface area contributed by atoms with E-state index in [-0.39, 0.29) is 6.04 Å². The molecule has 1 aliphatic heterocycles. The first-order valence-electron chi connectivity index (χ1n) is 9.50. The zero-order chi connectivity index (χ0) is 17.2. The van der Waals surface area contributed by atoms with Crippen LogP contribution < -0.4 is 0 Å². The molecule has 4 rings (SSSR count). The van der Waals surface area contributed by atoms with Crippen LogP contribution in [-0.4, -0.2) is 65.7 Å². The zero-order valence-electron chi connectivity index (χ0n) is 15.3. The Morgan fingerprint density at radius 1 is 1.20 bits per heavy atom. The highest BCUT2D eigenvalue weighted by molar-refractivity contribution is 4.97. The van der Waals surface area contributed by atoms with Gasteiger partial charge in [0.25, 0.3) is 0 Å². The molecule has 8 heteroatoms. The molecule has 1 saturated carbocycles. The van der Waals surface area contributed by atoms with Crippen LogP contribution in [0, 0.1) is 0 Å². The van der Waals surface area contributed by atoms with Gasteiger partial charge in [0, 0.05) is 38.6 Å². The molecule has 136 valence electrons. The van der Waals surface area contributed by atoms with Crippen LogP contribution in [0.1, 0.15) is 56.8 Å². The first kappa shape index (κ1) is 16.7. The van der Waals surface area contributed by atoms with Gasteiger partial charge in [-0.15, -0.1) is 5.10 Å². The molecule has 2 aromatic rings. The lowest BCUT2D eigenvalue weighted by molar-refractivity contribution is 0.196. The highest BCUT2D eigenvalue weighted by Crippen LogP contribution is 2.36. The second-order valence-electron chi connectivity index (χ2n) is 7.18. The molecule has 2 aliphatic rings. The molecule has 8 nitrogen and oxygen atoms in total. The Hall–Kier alpha value is -1.80. The molecule has 2 fully saturated rings. The topological polar surface area (TPSA) is 67.9 Å². The molecule has 25 heavy (non-hydrogen) atoms. The van der Waals surface area contributed by atoms with Crippen LogP contribution in [0.25, 0.3) is 0 Å². The number of aryl methyl sites for hydroxylation is 1. The summed E-state index contributed by atoms with van der Waals surface area (Å²) in [7, 11) is 0. The zero-order valence-corrected chi connectivity index (χ0v) is 15.3. The van der Waals surface area contributed by atoms with Crippen LogP contribution in [0.3, 0.4) is 0 Å². The van der Waals surface area contributed by atoms with Gasteiger partial charge in [-0.2, -0.15) is 0 Å². The number of hydrogen-bond donors (Lipinski definition) is 0. The molecule has 0 bridgehead atoms. The summed E-state index contributed by atoms with van der Waals surface area (Å²) in [6.07, 6.45) is 7.56. The van der Waals surface area contributed by atoms with E-state index >= 15 is 0 Å². The second-order valence-corrected chi connectivity index (χ2v) is 7.18. The average Bonchev–Trinajstić information content (AvgIpc) is 3.25. The van der Waals surface area contributed by atoms with E-state index in [2.05, 4.69) is 54.9 Å². The second kappa shape index (κ2) is 7.21. The van der Waals surface area contributed by atoms with Gasteiger partial charge >= 0.3 is 0 Å².